The van der Waals surface area contributed by atoms with Gasteiger partial charge in [-0.3, -0.25) is 0 Å². The van der Waals surface area contributed by atoms with E-state index in [1.807, 2.05) is 0 Å². The van der Waals surface area contributed by atoms with E-state index in [9.17, 15) is 13.2 Å². The third-order valence-electron chi connectivity index (χ3n) is 1.81. The minimum Gasteiger partial charge on any atom is -0.508 e. The molecule has 0 heterocycles. The number of benzene rings is 1. The van der Waals surface area contributed by atoms with Gasteiger partial charge in [-0.15, -0.1) is 0 Å². The Morgan fingerprint density at radius 2 is 2.00 bits per heavy atom. The fourth-order valence-corrected chi connectivity index (χ4v) is 1.12. The number of halogens is 3. The molecule has 0 unspecified atom stereocenters. The van der Waals surface area contributed by atoms with Crippen LogP contribution >= 0.6 is 0 Å². The molecule has 1 aromatic carbocycles. The summed E-state index contributed by atoms with van der Waals surface area (Å²) in [4.78, 5) is 0. The topological polar surface area (TPSA) is 46.2 Å². The van der Waals surface area contributed by atoms with Crippen LogP contribution in [0.3, 0.4) is 0 Å². The Morgan fingerprint density at radius 1 is 1.36 bits per heavy atom. The van der Waals surface area contributed by atoms with E-state index in [4.69, 9.17) is 10.8 Å². The second-order valence-electron chi connectivity index (χ2n) is 2.91. The molecule has 1 rings (SSSR count). The minimum absolute atomic E-state index is 0.229. The number of nitrogens with two attached hydrogens (primary N) is 1. The summed E-state index contributed by atoms with van der Waals surface area (Å²) in [5.41, 5.74) is 4.24. The minimum atomic E-state index is -3.29. The van der Waals surface area contributed by atoms with Crippen LogP contribution in [0.25, 0.3) is 0 Å². The Kier molecular flexibility index (Phi) is 3.00. The van der Waals surface area contributed by atoms with Crippen LogP contribution in [0.1, 0.15) is 12.0 Å². The van der Waals surface area contributed by atoms with Crippen molar-refractivity contribution in [2.24, 2.45) is 5.73 Å². The Morgan fingerprint density at radius 3 is 2.50 bits per heavy atom. The molecule has 0 saturated heterocycles. The van der Waals surface area contributed by atoms with Gasteiger partial charge in [-0.25, -0.2) is 13.2 Å². The van der Waals surface area contributed by atoms with Gasteiger partial charge in [0.1, 0.15) is 11.6 Å². The molecule has 5 heteroatoms. The van der Waals surface area contributed by atoms with Gasteiger partial charge in [-0.05, 0) is 18.7 Å². The second-order valence-corrected chi connectivity index (χ2v) is 2.91. The summed E-state index contributed by atoms with van der Waals surface area (Å²) in [7, 11) is 0. The number of aromatic hydroxyl groups is 1. The lowest BCUT2D eigenvalue weighted by Gasteiger charge is -2.16. The van der Waals surface area contributed by atoms with Gasteiger partial charge >= 0.3 is 0 Å². The van der Waals surface area contributed by atoms with Gasteiger partial charge in [0.05, 0.1) is 5.56 Å². The van der Waals surface area contributed by atoms with Gasteiger partial charge in [0.15, 0.2) is 0 Å². The lowest BCUT2D eigenvalue weighted by atomic mass is 10.0. The lowest BCUT2D eigenvalue weighted by Crippen LogP contribution is -2.19. The van der Waals surface area contributed by atoms with Crippen LogP contribution in [0.15, 0.2) is 18.2 Å². The van der Waals surface area contributed by atoms with E-state index in [-0.39, 0.29) is 12.3 Å². The zero-order valence-corrected chi connectivity index (χ0v) is 7.30. The number of hydrogen-bond donors (Lipinski definition) is 2. The fourth-order valence-electron chi connectivity index (χ4n) is 1.12. The summed E-state index contributed by atoms with van der Waals surface area (Å²) in [6, 6.07) is 2.53. The summed E-state index contributed by atoms with van der Waals surface area (Å²) in [6.07, 6.45) is -0.616. The van der Waals surface area contributed by atoms with Crippen molar-refractivity contribution in [2.45, 2.75) is 12.3 Å². The summed E-state index contributed by atoms with van der Waals surface area (Å²) in [6.45, 7) is -0.229. The van der Waals surface area contributed by atoms with Gasteiger partial charge in [-0.2, -0.15) is 0 Å². The smallest absolute Gasteiger partial charge is 0.277 e. The van der Waals surface area contributed by atoms with Crippen LogP contribution in [-0.2, 0) is 5.92 Å². The monoisotopic (exact) mass is 205 g/mol. The predicted octanol–water partition coefficient (Wildman–Crippen LogP) is 1.97. The van der Waals surface area contributed by atoms with E-state index in [1.54, 1.807) is 0 Å². The second kappa shape index (κ2) is 3.88. The highest BCUT2D eigenvalue weighted by Gasteiger charge is 2.33. The van der Waals surface area contributed by atoms with Gasteiger partial charge in [-0.1, -0.05) is 0 Å². The van der Waals surface area contributed by atoms with Crippen LogP contribution in [0.2, 0.25) is 0 Å². The standard InChI is InChI=1S/C9H10F3NO/c10-8-5-6(14)1-2-7(8)9(11,12)3-4-13/h1-2,5,14H,3-4,13H2. The zero-order valence-electron chi connectivity index (χ0n) is 7.30. The summed E-state index contributed by atoms with van der Waals surface area (Å²) in [5.74, 6) is -4.79. The molecule has 0 radical (unpaired) electrons. The maximum atomic E-state index is 13.1. The van der Waals surface area contributed by atoms with Gasteiger partial charge in [0.25, 0.3) is 5.92 Å². The van der Waals surface area contributed by atoms with Crippen LogP contribution < -0.4 is 5.73 Å². The van der Waals surface area contributed by atoms with Gasteiger partial charge < -0.3 is 10.8 Å². The van der Waals surface area contributed by atoms with E-state index in [0.29, 0.717) is 6.07 Å². The molecule has 0 fully saturated rings. The van der Waals surface area contributed by atoms with E-state index >= 15 is 0 Å². The first-order valence-corrected chi connectivity index (χ1v) is 4.04. The molecule has 0 aliphatic rings. The van der Waals surface area contributed by atoms with Crippen LogP contribution in [0.5, 0.6) is 5.75 Å². The Bertz CT molecular complexity index is 328. The summed E-state index contributed by atoms with van der Waals surface area (Å²) < 4.78 is 39.3. The average molecular weight is 205 g/mol. The highest BCUT2D eigenvalue weighted by Crippen LogP contribution is 2.33. The highest BCUT2D eigenvalue weighted by atomic mass is 19.3. The highest BCUT2D eigenvalue weighted by molar-refractivity contribution is 5.30. The number of phenolic OH excluding ortho intramolecular Hbond substituents is 1. The molecule has 0 aliphatic carbocycles. The van der Waals surface area contributed by atoms with Crippen molar-refractivity contribution in [1.82, 2.24) is 0 Å². The maximum Gasteiger partial charge on any atom is 0.277 e. The fraction of sp³-hybridized carbons (Fsp3) is 0.333. The lowest BCUT2D eigenvalue weighted by molar-refractivity contribution is -0.0141. The molecule has 3 N–H and O–H groups in total. The molecule has 0 atom stereocenters. The molecule has 0 aliphatic heterocycles. The maximum absolute atomic E-state index is 13.1. The van der Waals surface area contributed by atoms with Crippen molar-refractivity contribution in [3.05, 3.63) is 29.6 Å². The van der Waals surface area contributed by atoms with E-state index in [0.717, 1.165) is 12.1 Å². The first-order chi connectivity index (χ1) is 6.47. The molecule has 0 saturated carbocycles. The van der Waals surface area contributed by atoms with Crippen molar-refractivity contribution in [3.8, 4) is 5.75 Å². The first kappa shape index (κ1) is 10.8. The van der Waals surface area contributed by atoms with Crippen molar-refractivity contribution >= 4 is 0 Å². The molecule has 0 spiro atoms. The Balaban J connectivity index is 3.06. The Hall–Kier alpha value is -1.23. The van der Waals surface area contributed by atoms with Crippen molar-refractivity contribution in [3.63, 3.8) is 0 Å². The number of phenols is 1. The first-order valence-electron chi connectivity index (χ1n) is 4.04. The van der Waals surface area contributed by atoms with Crippen LogP contribution in [-0.4, -0.2) is 11.7 Å². The predicted molar refractivity (Wildman–Crippen MR) is 45.6 cm³/mol. The van der Waals surface area contributed by atoms with Crippen LogP contribution in [0.4, 0.5) is 13.2 Å². The van der Waals surface area contributed by atoms with Crippen molar-refractivity contribution in [2.75, 3.05) is 6.54 Å². The van der Waals surface area contributed by atoms with Gasteiger partial charge in [0.2, 0.25) is 0 Å². The molecule has 78 valence electrons. The van der Waals surface area contributed by atoms with E-state index < -0.39 is 23.7 Å². The molecule has 1 aromatic rings. The third-order valence-corrected chi connectivity index (χ3v) is 1.81. The van der Waals surface area contributed by atoms with E-state index in [2.05, 4.69) is 0 Å². The Labute approximate surface area is 79.2 Å². The molecule has 14 heavy (non-hydrogen) atoms. The zero-order chi connectivity index (χ0) is 10.8. The molecule has 0 amide bonds. The number of rotatable bonds is 3. The SMILES string of the molecule is NCCC(F)(F)c1ccc(O)cc1F. The molecule has 0 aromatic heterocycles. The number of alkyl halides is 2. The normalized spacial score (nSPS) is 11.7. The van der Waals surface area contributed by atoms with Crippen molar-refractivity contribution < 1.29 is 18.3 Å². The molecular formula is C9H10F3NO. The molecule has 2 nitrogen and oxygen atoms in total. The number of hydrogen-bond acceptors (Lipinski definition) is 2. The average Bonchev–Trinajstić information content (AvgIpc) is 2.02. The molecule has 0 bridgehead atoms. The summed E-state index contributed by atoms with van der Waals surface area (Å²) in [5, 5.41) is 8.82. The summed E-state index contributed by atoms with van der Waals surface area (Å²) >= 11 is 0. The molecular weight excluding hydrogens is 195 g/mol. The third kappa shape index (κ3) is 2.17. The van der Waals surface area contributed by atoms with Crippen molar-refractivity contribution in [1.29, 1.82) is 0 Å². The van der Waals surface area contributed by atoms with Gasteiger partial charge in [0, 0.05) is 12.5 Å². The largest absolute Gasteiger partial charge is 0.508 e. The quantitative estimate of drug-likeness (QED) is 0.792. The van der Waals surface area contributed by atoms with Crippen LogP contribution in [0, 0.1) is 5.82 Å². The van der Waals surface area contributed by atoms with E-state index in [1.165, 1.54) is 0 Å².